The molecular formula is C27H21NO2. The van der Waals surface area contributed by atoms with Crippen molar-refractivity contribution in [3.8, 4) is 28.0 Å². The first-order valence-corrected chi connectivity index (χ1v) is 9.69. The predicted molar refractivity (Wildman–Crippen MR) is 123 cm³/mol. The number of nitrogen functional groups attached to an aromatic ring is 1. The molecule has 0 aromatic heterocycles. The minimum absolute atomic E-state index is 0.110. The van der Waals surface area contributed by atoms with Crippen molar-refractivity contribution < 1.29 is 9.90 Å². The number of hydrogen-bond acceptors (Lipinski definition) is 3. The van der Waals surface area contributed by atoms with Gasteiger partial charge in [-0.25, -0.2) is 0 Å². The lowest BCUT2D eigenvalue weighted by Crippen LogP contribution is -2.00. The van der Waals surface area contributed by atoms with Crippen LogP contribution in [0.3, 0.4) is 0 Å². The number of carbonyl (C=O) groups excluding carboxylic acids is 1. The topological polar surface area (TPSA) is 63.3 Å². The lowest BCUT2D eigenvalue weighted by atomic mass is 9.89. The molecule has 3 nitrogen and oxygen atoms in total. The normalized spacial score (nSPS) is 10.9. The zero-order chi connectivity index (χ0) is 20.9. The van der Waals surface area contributed by atoms with Crippen LogP contribution in [0.1, 0.15) is 15.9 Å². The standard InChI is InChI=1S/C27H21NO2/c28-24-14-8-7-13-22(24)25(29)18-16-23-26(30)17-15-21(19-9-3-1-4-10-19)27(23)20-11-5-2-6-12-20/h1-18,30H,28H2/b18-16+. The second-order valence-corrected chi connectivity index (χ2v) is 6.94. The van der Waals surface area contributed by atoms with E-state index in [9.17, 15) is 9.90 Å². The van der Waals surface area contributed by atoms with E-state index in [0.717, 1.165) is 22.3 Å². The molecule has 0 aliphatic rings. The van der Waals surface area contributed by atoms with Crippen molar-refractivity contribution in [2.24, 2.45) is 0 Å². The zero-order valence-corrected chi connectivity index (χ0v) is 16.3. The average molecular weight is 391 g/mol. The molecule has 0 unspecified atom stereocenters. The Hall–Kier alpha value is -4.11. The van der Waals surface area contributed by atoms with Gasteiger partial charge in [0.1, 0.15) is 5.75 Å². The Morgan fingerprint density at radius 1 is 0.733 bits per heavy atom. The summed E-state index contributed by atoms with van der Waals surface area (Å²) in [4.78, 5) is 12.7. The third kappa shape index (κ3) is 3.87. The fourth-order valence-corrected chi connectivity index (χ4v) is 3.52. The monoisotopic (exact) mass is 391 g/mol. The van der Waals surface area contributed by atoms with Crippen molar-refractivity contribution in [1.29, 1.82) is 0 Å². The van der Waals surface area contributed by atoms with E-state index >= 15 is 0 Å². The molecule has 0 radical (unpaired) electrons. The Labute approximate surface area is 175 Å². The molecule has 4 rings (SSSR count). The molecule has 0 bridgehead atoms. The molecule has 4 aromatic rings. The number of nitrogens with two attached hydrogens (primary N) is 1. The van der Waals surface area contributed by atoms with Gasteiger partial charge in [-0.15, -0.1) is 0 Å². The average Bonchev–Trinajstić information content (AvgIpc) is 2.79. The molecule has 0 heterocycles. The number of hydrogen-bond donors (Lipinski definition) is 2. The van der Waals surface area contributed by atoms with Crippen molar-refractivity contribution in [3.05, 3.63) is 114 Å². The highest BCUT2D eigenvalue weighted by Crippen LogP contribution is 2.39. The van der Waals surface area contributed by atoms with Crippen LogP contribution >= 0.6 is 0 Å². The maximum absolute atomic E-state index is 12.7. The van der Waals surface area contributed by atoms with Crippen molar-refractivity contribution >= 4 is 17.5 Å². The van der Waals surface area contributed by atoms with Crippen LogP contribution in [0.5, 0.6) is 5.75 Å². The lowest BCUT2D eigenvalue weighted by Gasteiger charge is -2.15. The Morgan fingerprint density at radius 3 is 2.00 bits per heavy atom. The van der Waals surface area contributed by atoms with Gasteiger partial charge < -0.3 is 10.8 Å². The summed E-state index contributed by atoms with van der Waals surface area (Å²) < 4.78 is 0. The minimum Gasteiger partial charge on any atom is -0.507 e. The summed E-state index contributed by atoms with van der Waals surface area (Å²) in [5.74, 6) is -0.102. The first kappa shape index (κ1) is 19.2. The van der Waals surface area contributed by atoms with Crippen LogP contribution in [0, 0.1) is 0 Å². The Bertz CT molecular complexity index is 1210. The van der Waals surface area contributed by atoms with Crippen LogP contribution in [-0.2, 0) is 0 Å². The van der Waals surface area contributed by atoms with E-state index in [-0.39, 0.29) is 11.5 Å². The summed E-state index contributed by atoms with van der Waals surface area (Å²) in [6.07, 6.45) is 3.13. The van der Waals surface area contributed by atoms with Crippen LogP contribution in [-0.4, -0.2) is 10.9 Å². The molecule has 0 spiro atoms. The fourth-order valence-electron chi connectivity index (χ4n) is 3.52. The summed E-state index contributed by atoms with van der Waals surface area (Å²) >= 11 is 0. The Morgan fingerprint density at radius 2 is 1.33 bits per heavy atom. The number of phenols is 1. The Balaban J connectivity index is 1.87. The number of phenolic OH excluding ortho intramolecular Hbond substituents is 1. The molecule has 3 heteroatoms. The molecule has 146 valence electrons. The van der Waals surface area contributed by atoms with Crippen molar-refractivity contribution in [2.75, 3.05) is 5.73 Å². The summed E-state index contributed by atoms with van der Waals surface area (Å²) in [7, 11) is 0. The second-order valence-electron chi connectivity index (χ2n) is 6.94. The molecular weight excluding hydrogens is 370 g/mol. The van der Waals surface area contributed by atoms with E-state index in [2.05, 4.69) is 0 Å². The van der Waals surface area contributed by atoms with Crippen LogP contribution in [0.25, 0.3) is 28.3 Å². The number of benzene rings is 4. The van der Waals surface area contributed by atoms with Crippen LogP contribution in [0.2, 0.25) is 0 Å². The van der Waals surface area contributed by atoms with Gasteiger partial charge in [-0.1, -0.05) is 78.9 Å². The van der Waals surface area contributed by atoms with Crippen LogP contribution in [0.4, 0.5) is 5.69 Å². The van der Waals surface area contributed by atoms with Gasteiger partial charge in [0.2, 0.25) is 0 Å². The third-order valence-electron chi connectivity index (χ3n) is 5.00. The van der Waals surface area contributed by atoms with Gasteiger partial charge in [0.05, 0.1) is 0 Å². The molecule has 0 aliphatic heterocycles. The van der Waals surface area contributed by atoms with Gasteiger partial charge in [0.25, 0.3) is 0 Å². The van der Waals surface area contributed by atoms with Gasteiger partial charge in [0, 0.05) is 22.4 Å². The number of anilines is 1. The molecule has 0 amide bonds. The number of carbonyl (C=O) groups is 1. The largest absolute Gasteiger partial charge is 0.507 e. The van der Waals surface area contributed by atoms with Crippen LogP contribution in [0.15, 0.2) is 103 Å². The summed E-state index contributed by atoms with van der Waals surface area (Å²) in [6.45, 7) is 0. The van der Waals surface area contributed by atoms with Crippen molar-refractivity contribution in [2.45, 2.75) is 0 Å². The van der Waals surface area contributed by atoms with Gasteiger partial charge in [-0.3, -0.25) is 4.79 Å². The number of aromatic hydroxyl groups is 1. The van der Waals surface area contributed by atoms with Crippen molar-refractivity contribution in [1.82, 2.24) is 0 Å². The van der Waals surface area contributed by atoms with E-state index < -0.39 is 0 Å². The van der Waals surface area contributed by atoms with E-state index in [1.807, 2.05) is 66.7 Å². The maximum Gasteiger partial charge on any atom is 0.187 e. The molecule has 3 N–H and O–H groups in total. The van der Waals surface area contributed by atoms with Crippen LogP contribution < -0.4 is 5.73 Å². The fraction of sp³-hybridized carbons (Fsp3) is 0. The third-order valence-corrected chi connectivity index (χ3v) is 5.00. The number of para-hydroxylation sites is 1. The molecule has 0 saturated carbocycles. The number of allylic oxidation sites excluding steroid dienone is 1. The van der Waals surface area contributed by atoms with Gasteiger partial charge in [0.15, 0.2) is 5.78 Å². The first-order chi connectivity index (χ1) is 14.6. The lowest BCUT2D eigenvalue weighted by molar-refractivity contribution is 0.104. The molecule has 0 fully saturated rings. The van der Waals surface area contributed by atoms with Gasteiger partial charge in [-0.05, 0) is 47.0 Å². The van der Waals surface area contributed by atoms with E-state index in [0.29, 0.717) is 16.8 Å². The summed E-state index contributed by atoms with van der Waals surface area (Å²) in [6, 6.07) is 30.4. The van der Waals surface area contributed by atoms with E-state index in [1.54, 1.807) is 36.4 Å². The molecule has 0 saturated heterocycles. The van der Waals surface area contributed by atoms with E-state index in [4.69, 9.17) is 5.73 Å². The molecule has 4 aromatic carbocycles. The summed E-state index contributed by atoms with van der Waals surface area (Å²) in [5.41, 5.74) is 11.2. The number of ketones is 1. The van der Waals surface area contributed by atoms with E-state index in [1.165, 1.54) is 6.08 Å². The molecule has 0 atom stereocenters. The highest BCUT2D eigenvalue weighted by atomic mass is 16.3. The quantitative estimate of drug-likeness (QED) is 0.242. The molecule has 0 aliphatic carbocycles. The van der Waals surface area contributed by atoms with Gasteiger partial charge >= 0.3 is 0 Å². The number of rotatable bonds is 5. The van der Waals surface area contributed by atoms with Gasteiger partial charge in [-0.2, -0.15) is 0 Å². The highest BCUT2D eigenvalue weighted by molar-refractivity contribution is 6.10. The maximum atomic E-state index is 12.7. The zero-order valence-electron chi connectivity index (χ0n) is 16.3. The smallest absolute Gasteiger partial charge is 0.187 e. The highest BCUT2D eigenvalue weighted by Gasteiger charge is 2.15. The summed E-state index contributed by atoms with van der Waals surface area (Å²) in [5, 5.41) is 10.7. The van der Waals surface area contributed by atoms with Crippen molar-refractivity contribution in [3.63, 3.8) is 0 Å². The minimum atomic E-state index is -0.211. The Kier molecular flexibility index (Phi) is 5.44. The molecule has 30 heavy (non-hydrogen) atoms. The first-order valence-electron chi connectivity index (χ1n) is 9.69. The predicted octanol–water partition coefficient (Wildman–Crippen LogP) is 6.20. The second kappa shape index (κ2) is 8.50. The SMILES string of the molecule is Nc1ccccc1C(=O)/C=C/c1c(O)ccc(-c2ccccc2)c1-c1ccccc1.